The van der Waals surface area contributed by atoms with Crippen LogP contribution in [-0.4, -0.2) is 29.4 Å². The minimum Gasteiger partial charge on any atom is -0.465 e. The molecule has 92 valence electrons. The Morgan fingerprint density at radius 2 is 2.38 bits per heavy atom. The number of hydrogen-bond acceptors (Lipinski definition) is 4. The SMILES string of the molecule is CCCCC(SC1=NCCC1)C(=O)OCC. The standard InChI is InChI=1S/C12H21NO2S/c1-3-5-7-10(12(14)15-4-2)16-11-8-6-9-13-11/h10H,3-9H2,1-2H3. The van der Waals surface area contributed by atoms with E-state index >= 15 is 0 Å². The van der Waals surface area contributed by atoms with Gasteiger partial charge in [-0.15, -0.1) is 0 Å². The van der Waals surface area contributed by atoms with Gasteiger partial charge < -0.3 is 4.74 Å². The summed E-state index contributed by atoms with van der Waals surface area (Å²) in [4.78, 5) is 16.1. The minimum atomic E-state index is -0.0736. The highest BCUT2D eigenvalue weighted by Crippen LogP contribution is 2.25. The number of carbonyl (C=O) groups is 1. The van der Waals surface area contributed by atoms with E-state index in [4.69, 9.17) is 4.74 Å². The van der Waals surface area contributed by atoms with E-state index in [0.717, 1.165) is 43.7 Å². The molecular formula is C12H21NO2S. The van der Waals surface area contributed by atoms with Crippen molar-refractivity contribution >= 4 is 22.8 Å². The number of ether oxygens (including phenoxy) is 1. The van der Waals surface area contributed by atoms with Gasteiger partial charge in [-0.1, -0.05) is 31.5 Å². The van der Waals surface area contributed by atoms with Crippen LogP contribution >= 0.6 is 11.8 Å². The van der Waals surface area contributed by atoms with Gasteiger partial charge >= 0.3 is 5.97 Å². The normalized spacial score (nSPS) is 17.0. The lowest BCUT2D eigenvalue weighted by Gasteiger charge is -2.14. The lowest BCUT2D eigenvalue weighted by Crippen LogP contribution is -2.21. The summed E-state index contributed by atoms with van der Waals surface area (Å²) >= 11 is 1.62. The first-order chi connectivity index (χ1) is 7.77. The number of nitrogens with zero attached hydrogens (tertiary/aromatic N) is 1. The van der Waals surface area contributed by atoms with Crippen LogP contribution in [0, 0.1) is 0 Å². The Balaban J connectivity index is 2.45. The van der Waals surface area contributed by atoms with E-state index in [1.807, 2.05) is 6.92 Å². The Kier molecular flexibility index (Phi) is 6.53. The molecule has 0 fully saturated rings. The molecule has 1 aliphatic heterocycles. The first-order valence-electron chi connectivity index (χ1n) is 6.14. The highest BCUT2D eigenvalue weighted by atomic mass is 32.2. The molecule has 0 aromatic heterocycles. The molecule has 16 heavy (non-hydrogen) atoms. The van der Waals surface area contributed by atoms with Gasteiger partial charge in [0.15, 0.2) is 0 Å². The van der Waals surface area contributed by atoms with E-state index in [1.165, 1.54) is 0 Å². The maximum Gasteiger partial charge on any atom is 0.319 e. The Labute approximate surface area is 102 Å². The topological polar surface area (TPSA) is 38.7 Å². The first kappa shape index (κ1) is 13.6. The molecule has 0 aromatic rings. The molecule has 1 unspecified atom stereocenters. The van der Waals surface area contributed by atoms with Crippen molar-refractivity contribution < 1.29 is 9.53 Å². The van der Waals surface area contributed by atoms with Gasteiger partial charge in [-0.25, -0.2) is 0 Å². The molecule has 0 aliphatic carbocycles. The quantitative estimate of drug-likeness (QED) is 0.673. The van der Waals surface area contributed by atoms with Crippen molar-refractivity contribution in [2.45, 2.75) is 51.2 Å². The molecule has 0 aromatic carbocycles. The molecular weight excluding hydrogens is 222 g/mol. The van der Waals surface area contributed by atoms with Gasteiger partial charge in [-0.2, -0.15) is 0 Å². The molecule has 0 saturated carbocycles. The number of thioether (sulfide) groups is 1. The number of esters is 1. The fourth-order valence-electron chi connectivity index (χ4n) is 1.62. The Morgan fingerprint density at radius 3 is 2.94 bits per heavy atom. The van der Waals surface area contributed by atoms with Crippen LogP contribution in [-0.2, 0) is 9.53 Å². The summed E-state index contributed by atoms with van der Waals surface area (Å²) in [6.07, 6.45) is 5.25. The fraction of sp³-hybridized carbons (Fsp3) is 0.833. The number of unbranched alkanes of at least 4 members (excludes halogenated alkanes) is 1. The molecule has 1 rings (SSSR count). The second-order valence-electron chi connectivity index (χ2n) is 3.88. The third-order valence-electron chi connectivity index (χ3n) is 2.48. The summed E-state index contributed by atoms with van der Waals surface area (Å²) in [6, 6.07) is 0. The van der Waals surface area contributed by atoms with E-state index < -0.39 is 0 Å². The zero-order valence-electron chi connectivity index (χ0n) is 10.2. The van der Waals surface area contributed by atoms with Gasteiger partial charge in [0.1, 0.15) is 5.25 Å². The predicted molar refractivity (Wildman–Crippen MR) is 69.1 cm³/mol. The average Bonchev–Trinajstić information content (AvgIpc) is 2.77. The van der Waals surface area contributed by atoms with Crippen LogP contribution in [0.4, 0.5) is 0 Å². The first-order valence-corrected chi connectivity index (χ1v) is 7.02. The maximum absolute atomic E-state index is 11.7. The highest BCUT2D eigenvalue weighted by molar-refractivity contribution is 8.15. The average molecular weight is 243 g/mol. The largest absolute Gasteiger partial charge is 0.465 e. The zero-order valence-corrected chi connectivity index (χ0v) is 11.0. The molecule has 0 saturated heterocycles. The third-order valence-corrected chi connectivity index (χ3v) is 3.80. The van der Waals surface area contributed by atoms with Crippen LogP contribution in [0.15, 0.2) is 4.99 Å². The summed E-state index contributed by atoms with van der Waals surface area (Å²) < 4.78 is 5.10. The smallest absolute Gasteiger partial charge is 0.319 e. The molecule has 1 heterocycles. The molecule has 1 aliphatic rings. The van der Waals surface area contributed by atoms with Crippen LogP contribution in [0.2, 0.25) is 0 Å². The zero-order chi connectivity index (χ0) is 11.8. The maximum atomic E-state index is 11.7. The second kappa shape index (κ2) is 7.71. The highest BCUT2D eigenvalue weighted by Gasteiger charge is 2.23. The fourth-order valence-corrected chi connectivity index (χ4v) is 2.83. The summed E-state index contributed by atoms with van der Waals surface area (Å²) in [6.45, 7) is 5.38. The van der Waals surface area contributed by atoms with Gasteiger partial charge in [0.25, 0.3) is 0 Å². The molecule has 3 nitrogen and oxygen atoms in total. The third kappa shape index (κ3) is 4.56. The number of rotatable bonds is 6. The number of carbonyl (C=O) groups excluding carboxylic acids is 1. The van der Waals surface area contributed by atoms with E-state index in [-0.39, 0.29) is 11.2 Å². The van der Waals surface area contributed by atoms with Crippen molar-refractivity contribution in [1.29, 1.82) is 0 Å². The van der Waals surface area contributed by atoms with E-state index in [2.05, 4.69) is 11.9 Å². The molecule has 0 amide bonds. The van der Waals surface area contributed by atoms with Crippen LogP contribution < -0.4 is 0 Å². The van der Waals surface area contributed by atoms with Crippen molar-refractivity contribution in [2.75, 3.05) is 13.2 Å². The van der Waals surface area contributed by atoms with Crippen LogP contribution in [0.25, 0.3) is 0 Å². The van der Waals surface area contributed by atoms with Gasteiger partial charge in [-0.05, 0) is 26.2 Å². The minimum absolute atomic E-state index is 0.0447. The van der Waals surface area contributed by atoms with Crippen molar-refractivity contribution in [1.82, 2.24) is 0 Å². The van der Waals surface area contributed by atoms with Crippen molar-refractivity contribution in [3.05, 3.63) is 0 Å². The van der Waals surface area contributed by atoms with E-state index in [1.54, 1.807) is 11.8 Å². The number of hydrogen-bond donors (Lipinski definition) is 0. The van der Waals surface area contributed by atoms with Crippen LogP contribution in [0.3, 0.4) is 0 Å². The van der Waals surface area contributed by atoms with E-state index in [9.17, 15) is 4.79 Å². The summed E-state index contributed by atoms with van der Waals surface area (Å²) in [5, 5.41) is 1.09. The predicted octanol–water partition coefficient (Wildman–Crippen LogP) is 3.03. The van der Waals surface area contributed by atoms with Crippen molar-refractivity contribution in [3.8, 4) is 0 Å². The Hall–Kier alpha value is -0.510. The molecule has 1 atom stereocenters. The molecule has 0 spiro atoms. The van der Waals surface area contributed by atoms with Crippen molar-refractivity contribution in [2.24, 2.45) is 4.99 Å². The lowest BCUT2D eigenvalue weighted by atomic mass is 10.2. The van der Waals surface area contributed by atoms with Crippen LogP contribution in [0.5, 0.6) is 0 Å². The van der Waals surface area contributed by atoms with Crippen LogP contribution in [0.1, 0.15) is 46.0 Å². The second-order valence-corrected chi connectivity index (χ2v) is 5.16. The Morgan fingerprint density at radius 1 is 1.56 bits per heavy atom. The van der Waals surface area contributed by atoms with E-state index in [0.29, 0.717) is 6.61 Å². The monoisotopic (exact) mass is 243 g/mol. The van der Waals surface area contributed by atoms with Gasteiger partial charge in [0.05, 0.1) is 11.7 Å². The van der Waals surface area contributed by atoms with Gasteiger partial charge in [-0.3, -0.25) is 9.79 Å². The lowest BCUT2D eigenvalue weighted by molar-refractivity contribution is -0.142. The Bertz CT molecular complexity index is 253. The van der Waals surface area contributed by atoms with Gasteiger partial charge in [0.2, 0.25) is 0 Å². The summed E-state index contributed by atoms with van der Waals surface area (Å²) in [5.74, 6) is -0.0736. The molecule has 4 heteroatoms. The molecule has 0 N–H and O–H groups in total. The van der Waals surface area contributed by atoms with Gasteiger partial charge in [0, 0.05) is 6.54 Å². The molecule has 0 radical (unpaired) electrons. The van der Waals surface area contributed by atoms with Crippen molar-refractivity contribution in [3.63, 3.8) is 0 Å². The molecule has 0 bridgehead atoms. The summed E-state index contributed by atoms with van der Waals surface area (Å²) in [7, 11) is 0. The summed E-state index contributed by atoms with van der Waals surface area (Å²) in [5.41, 5.74) is 0. The number of aliphatic imine (C=N–C) groups is 1.